The minimum Gasteiger partial charge on any atom is -0.388 e. The van der Waals surface area contributed by atoms with Crippen LogP contribution in [0.5, 0.6) is 0 Å². The number of benzene rings is 1. The van der Waals surface area contributed by atoms with E-state index in [1.807, 2.05) is 19.2 Å². The van der Waals surface area contributed by atoms with Crippen molar-refractivity contribution in [3.63, 3.8) is 0 Å². The van der Waals surface area contributed by atoms with Gasteiger partial charge in [0.25, 0.3) is 0 Å². The molecule has 0 aliphatic rings. The Morgan fingerprint density at radius 2 is 1.67 bits per heavy atom. The molecule has 0 saturated carbocycles. The molecule has 1 aromatic carbocycles. The Morgan fingerprint density at radius 1 is 1.13 bits per heavy atom. The van der Waals surface area contributed by atoms with Gasteiger partial charge >= 0.3 is 0 Å². The lowest BCUT2D eigenvalue weighted by molar-refractivity contribution is -0.124. The summed E-state index contributed by atoms with van der Waals surface area (Å²) in [5.74, 6) is -0.418. The molecule has 4 heteroatoms. The number of ketones is 1. The summed E-state index contributed by atoms with van der Waals surface area (Å²) in [6.07, 6.45) is -0.0756. The Kier molecular flexibility index (Phi) is 3.85. The van der Waals surface area contributed by atoms with Crippen LogP contribution in [0.3, 0.4) is 0 Å². The summed E-state index contributed by atoms with van der Waals surface area (Å²) in [5, 5.41) is 5.61. The van der Waals surface area contributed by atoms with Crippen molar-refractivity contribution in [3.8, 4) is 0 Å². The summed E-state index contributed by atoms with van der Waals surface area (Å²) < 4.78 is 0. The van der Waals surface area contributed by atoms with Gasteiger partial charge in [-0.3, -0.25) is 9.59 Å². The van der Waals surface area contributed by atoms with Crippen molar-refractivity contribution in [1.29, 1.82) is 0 Å². The quantitative estimate of drug-likeness (QED) is 0.736. The number of carbonyl (C=O) groups excluding carboxylic acids is 2. The van der Waals surface area contributed by atoms with Gasteiger partial charge in [-0.1, -0.05) is 0 Å². The minimum atomic E-state index is -0.278. The van der Waals surface area contributed by atoms with Gasteiger partial charge in [-0.15, -0.1) is 0 Å². The second kappa shape index (κ2) is 5.14. The van der Waals surface area contributed by atoms with E-state index in [9.17, 15) is 9.59 Å². The van der Waals surface area contributed by atoms with Crippen LogP contribution in [-0.4, -0.2) is 18.7 Å². The summed E-state index contributed by atoms with van der Waals surface area (Å²) in [4.78, 5) is 21.9. The average Bonchev–Trinajstić information content (AvgIpc) is 2.17. The molecule has 0 unspecified atom stereocenters. The number of hydrogen-bond donors (Lipinski definition) is 2. The highest BCUT2D eigenvalue weighted by atomic mass is 16.2. The Bertz CT molecular complexity index is 357. The van der Waals surface area contributed by atoms with Crippen LogP contribution in [-0.2, 0) is 9.59 Å². The van der Waals surface area contributed by atoms with Crippen molar-refractivity contribution >= 4 is 23.1 Å². The number of rotatable bonds is 4. The maximum Gasteiger partial charge on any atom is 0.231 e. The van der Waals surface area contributed by atoms with Crippen molar-refractivity contribution < 1.29 is 9.59 Å². The lowest BCUT2D eigenvalue weighted by Gasteiger charge is -2.05. The predicted molar refractivity (Wildman–Crippen MR) is 59.9 cm³/mol. The molecule has 80 valence electrons. The molecule has 0 bridgehead atoms. The molecule has 0 fully saturated rings. The molecule has 0 spiro atoms. The fourth-order valence-electron chi connectivity index (χ4n) is 1.15. The zero-order chi connectivity index (χ0) is 11.3. The van der Waals surface area contributed by atoms with Crippen LogP contribution in [0.1, 0.15) is 13.3 Å². The fraction of sp³-hybridized carbons (Fsp3) is 0.273. The first-order valence-corrected chi connectivity index (χ1v) is 4.69. The van der Waals surface area contributed by atoms with Crippen LogP contribution < -0.4 is 10.6 Å². The number of amides is 1. The fourth-order valence-corrected chi connectivity index (χ4v) is 1.15. The summed E-state index contributed by atoms with van der Waals surface area (Å²) in [5.41, 5.74) is 1.67. The molecular formula is C11H14N2O2. The first-order valence-electron chi connectivity index (χ1n) is 4.69. The zero-order valence-corrected chi connectivity index (χ0v) is 8.83. The highest BCUT2D eigenvalue weighted by molar-refractivity contribution is 6.03. The third kappa shape index (κ3) is 3.81. The summed E-state index contributed by atoms with van der Waals surface area (Å²) >= 11 is 0. The average molecular weight is 206 g/mol. The largest absolute Gasteiger partial charge is 0.388 e. The van der Waals surface area contributed by atoms with Gasteiger partial charge < -0.3 is 10.6 Å². The topological polar surface area (TPSA) is 58.2 Å². The van der Waals surface area contributed by atoms with Crippen molar-refractivity contribution in [2.24, 2.45) is 0 Å². The summed E-state index contributed by atoms with van der Waals surface area (Å²) in [6.45, 7) is 1.39. The van der Waals surface area contributed by atoms with Crippen LogP contribution in [0.15, 0.2) is 24.3 Å². The van der Waals surface area contributed by atoms with Crippen LogP contribution in [0, 0.1) is 0 Å². The minimum absolute atomic E-state index is 0.0756. The van der Waals surface area contributed by atoms with Gasteiger partial charge in [0.05, 0.1) is 6.42 Å². The van der Waals surface area contributed by atoms with E-state index in [-0.39, 0.29) is 18.1 Å². The highest BCUT2D eigenvalue weighted by Gasteiger charge is 2.04. The van der Waals surface area contributed by atoms with E-state index in [1.54, 1.807) is 12.1 Å². The van der Waals surface area contributed by atoms with Crippen LogP contribution in [0.4, 0.5) is 11.4 Å². The molecule has 1 aromatic rings. The van der Waals surface area contributed by atoms with E-state index in [0.717, 1.165) is 5.69 Å². The molecule has 4 nitrogen and oxygen atoms in total. The standard InChI is InChI=1S/C11H14N2O2/c1-8(14)7-11(15)13-10-5-3-9(12-2)4-6-10/h3-6,12H,7H2,1-2H3,(H,13,15). The van der Waals surface area contributed by atoms with Crippen molar-refractivity contribution in [3.05, 3.63) is 24.3 Å². The molecule has 1 rings (SSSR count). The van der Waals surface area contributed by atoms with Gasteiger partial charge in [-0.2, -0.15) is 0 Å². The third-order valence-corrected chi connectivity index (χ3v) is 1.87. The van der Waals surface area contributed by atoms with Crippen LogP contribution in [0.2, 0.25) is 0 Å². The van der Waals surface area contributed by atoms with Gasteiger partial charge in [0, 0.05) is 18.4 Å². The molecular weight excluding hydrogens is 192 g/mol. The molecule has 0 saturated heterocycles. The van der Waals surface area contributed by atoms with Crippen LogP contribution in [0.25, 0.3) is 0 Å². The summed E-state index contributed by atoms with van der Waals surface area (Å²) in [7, 11) is 1.82. The highest BCUT2D eigenvalue weighted by Crippen LogP contribution is 2.12. The van der Waals surface area contributed by atoms with Crippen molar-refractivity contribution in [2.75, 3.05) is 17.7 Å². The van der Waals surface area contributed by atoms with Gasteiger partial charge in [0.15, 0.2) is 0 Å². The Hall–Kier alpha value is -1.84. The molecule has 1 amide bonds. The molecule has 0 aliphatic heterocycles. The number of Topliss-reactive ketones (excluding diaryl/α,β-unsaturated/α-hetero) is 1. The zero-order valence-electron chi connectivity index (χ0n) is 8.83. The smallest absolute Gasteiger partial charge is 0.231 e. The number of hydrogen-bond acceptors (Lipinski definition) is 3. The number of carbonyl (C=O) groups is 2. The van der Waals surface area contributed by atoms with Gasteiger partial charge in [0.2, 0.25) is 5.91 Å². The molecule has 0 aliphatic carbocycles. The molecule has 15 heavy (non-hydrogen) atoms. The Labute approximate surface area is 88.7 Å². The van der Waals surface area contributed by atoms with E-state index in [4.69, 9.17) is 0 Å². The van der Waals surface area contributed by atoms with Crippen molar-refractivity contribution in [2.45, 2.75) is 13.3 Å². The van der Waals surface area contributed by atoms with E-state index in [1.165, 1.54) is 6.92 Å². The van der Waals surface area contributed by atoms with Gasteiger partial charge in [-0.05, 0) is 31.2 Å². The normalized spacial score (nSPS) is 9.47. The lowest BCUT2D eigenvalue weighted by atomic mass is 10.2. The van der Waals surface area contributed by atoms with E-state index < -0.39 is 0 Å². The number of anilines is 2. The lowest BCUT2D eigenvalue weighted by Crippen LogP contribution is -2.14. The second-order valence-corrected chi connectivity index (χ2v) is 3.25. The van der Waals surface area contributed by atoms with Gasteiger partial charge in [-0.25, -0.2) is 0 Å². The van der Waals surface area contributed by atoms with E-state index in [0.29, 0.717) is 5.69 Å². The second-order valence-electron chi connectivity index (χ2n) is 3.25. The monoisotopic (exact) mass is 206 g/mol. The SMILES string of the molecule is CNc1ccc(NC(=O)CC(C)=O)cc1. The number of nitrogens with one attached hydrogen (secondary N) is 2. The molecule has 0 atom stereocenters. The first kappa shape index (κ1) is 11.2. The molecule has 0 aromatic heterocycles. The van der Waals surface area contributed by atoms with E-state index in [2.05, 4.69) is 10.6 Å². The van der Waals surface area contributed by atoms with E-state index >= 15 is 0 Å². The molecule has 0 heterocycles. The maximum atomic E-state index is 11.2. The third-order valence-electron chi connectivity index (χ3n) is 1.87. The maximum absolute atomic E-state index is 11.2. The van der Waals surface area contributed by atoms with Crippen molar-refractivity contribution in [1.82, 2.24) is 0 Å². The van der Waals surface area contributed by atoms with Gasteiger partial charge in [0.1, 0.15) is 5.78 Å². The summed E-state index contributed by atoms with van der Waals surface area (Å²) in [6, 6.07) is 7.26. The Morgan fingerprint density at radius 3 is 2.13 bits per heavy atom. The first-order chi connectivity index (χ1) is 7.11. The predicted octanol–water partition coefficient (Wildman–Crippen LogP) is 1.65. The Balaban J connectivity index is 2.57. The van der Waals surface area contributed by atoms with Crippen LogP contribution >= 0.6 is 0 Å². The molecule has 2 N–H and O–H groups in total. The molecule has 0 radical (unpaired) electrons.